The predicted molar refractivity (Wildman–Crippen MR) is 66.4 cm³/mol. The molecule has 92 valence electrons. The Bertz CT molecular complexity index is 444. The summed E-state index contributed by atoms with van der Waals surface area (Å²) in [6.07, 6.45) is -3.27. The van der Waals surface area contributed by atoms with Crippen molar-refractivity contribution in [3.63, 3.8) is 0 Å². The minimum atomic E-state index is -4.31. The highest BCUT2D eigenvalue weighted by molar-refractivity contribution is 9.10. The van der Waals surface area contributed by atoms with Gasteiger partial charge in [-0.1, -0.05) is 28.1 Å². The molecule has 1 aromatic carbocycles. The van der Waals surface area contributed by atoms with Gasteiger partial charge in [0.2, 0.25) is 0 Å². The van der Waals surface area contributed by atoms with Gasteiger partial charge in [-0.25, -0.2) is 0 Å². The molecule has 0 spiro atoms. The highest BCUT2D eigenvalue weighted by Crippen LogP contribution is 2.25. The maximum atomic E-state index is 12.4. The van der Waals surface area contributed by atoms with Crippen molar-refractivity contribution >= 4 is 21.6 Å². The first-order chi connectivity index (χ1) is 7.84. The molecule has 0 saturated heterocycles. The second-order valence-corrected chi connectivity index (χ2v) is 4.36. The molecule has 1 rings (SSSR count). The van der Waals surface area contributed by atoms with E-state index in [4.69, 9.17) is 0 Å². The fraction of sp³-hybridized carbons (Fsp3) is 0.250. The van der Waals surface area contributed by atoms with Crippen LogP contribution < -0.4 is 0 Å². The van der Waals surface area contributed by atoms with Gasteiger partial charge in [0, 0.05) is 17.1 Å². The highest BCUT2D eigenvalue weighted by Gasteiger charge is 2.30. The van der Waals surface area contributed by atoms with Gasteiger partial charge in [-0.2, -0.15) is 13.2 Å². The first kappa shape index (κ1) is 14.0. The van der Waals surface area contributed by atoms with Gasteiger partial charge in [0.05, 0.1) is 5.71 Å². The maximum Gasteiger partial charge on any atom is 0.412 e. The molecule has 0 saturated carbocycles. The van der Waals surface area contributed by atoms with Gasteiger partial charge >= 0.3 is 6.18 Å². The number of hydrogen-bond acceptors (Lipinski definition) is 1. The van der Waals surface area contributed by atoms with Crippen molar-refractivity contribution in [1.82, 2.24) is 0 Å². The fourth-order valence-corrected chi connectivity index (χ4v) is 1.45. The Morgan fingerprint density at radius 1 is 1.24 bits per heavy atom. The normalized spacial score (nSPS) is 14.0. The van der Waals surface area contributed by atoms with Gasteiger partial charge in [0.15, 0.2) is 0 Å². The van der Waals surface area contributed by atoms with Crippen LogP contribution >= 0.6 is 15.9 Å². The van der Waals surface area contributed by atoms with Crippen LogP contribution in [0.15, 0.2) is 45.4 Å². The maximum absolute atomic E-state index is 12.4. The van der Waals surface area contributed by atoms with Gasteiger partial charge in [-0.05, 0) is 30.7 Å². The van der Waals surface area contributed by atoms with E-state index in [0.29, 0.717) is 11.3 Å². The third-order valence-corrected chi connectivity index (χ3v) is 2.71. The number of alkyl halides is 3. The van der Waals surface area contributed by atoms with Gasteiger partial charge < -0.3 is 0 Å². The van der Waals surface area contributed by atoms with Crippen LogP contribution in [-0.4, -0.2) is 18.9 Å². The largest absolute Gasteiger partial charge is 0.412 e. The lowest BCUT2D eigenvalue weighted by atomic mass is 10.1. The number of nitrogens with zero attached hydrogens (tertiary/aromatic N) is 1. The predicted octanol–water partition coefficient (Wildman–Crippen LogP) is 4.38. The van der Waals surface area contributed by atoms with E-state index < -0.39 is 11.7 Å². The Kier molecular flexibility index (Phi) is 4.51. The van der Waals surface area contributed by atoms with E-state index in [1.165, 1.54) is 7.05 Å². The molecule has 0 aliphatic rings. The Morgan fingerprint density at radius 3 is 2.18 bits per heavy atom. The van der Waals surface area contributed by atoms with E-state index in [9.17, 15) is 13.2 Å². The van der Waals surface area contributed by atoms with E-state index in [1.54, 1.807) is 24.3 Å². The Labute approximate surface area is 106 Å². The molecule has 17 heavy (non-hydrogen) atoms. The Balaban J connectivity index is 3.07. The molecule has 0 atom stereocenters. The van der Waals surface area contributed by atoms with Gasteiger partial charge in [-0.15, -0.1) is 0 Å². The SMILES string of the molecule is CN=C(/C=C(\C)C(F)(F)F)c1ccc(Br)cc1. The molecule has 0 amide bonds. The lowest BCUT2D eigenvalue weighted by Gasteiger charge is -2.08. The molecule has 0 radical (unpaired) electrons. The monoisotopic (exact) mass is 305 g/mol. The van der Waals surface area contributed by atoms with Crippen LogP contribution in [0.4, 0.5) is 13.2 Å². The molecule has 0 aliphatic carbocycles. The molecule has 0 aliphatic heterocycles. The summed E-state index contributed by atoms with van der Waals surface area (Å²) in [5.41, 5.74) is 0.299. The molecule has 1 aromatic rings. The number of aliphatic imine (C=N–C) groups is 1. The average molecular weight is 306 g/mol. The zero-order valence-corrected chi connectivity index (χ0v) is 10.9. The molecular formula is C12H11BrF3N. The molecule has 5 heteroatoms. The highest BCUT2D eigenvalue weighted by atomic mass is 79.9. The summed E-state index contributed by atoms with van der Waals surface area (Å²) >= 11 is 3.26. The fourth-order valence-electron chi connectivity index (χ4n) is 1.18. The number of halogens is 4. The van der Waals surface area contributed by atoms with Crippen molar-refractivity contribution in [2.45, 2.75) is 13.1 Å². The average Bonchev–Trinajstić information content (AvgIpc) is 2.25. The summed E-state index contributed by atoms with van der Waals surface area (Å²) in [4.78, 5) is 3.87. The summed E-state index contributed by atoms with van der Waals surface area (Å²) in [5.74, 6) is 0. The second-order valence-electron chi connectivity index (χ2n) is 3.44. The second kappa shape index (κ2) is 5.49. The van der Waals surface area contributed by atoms with Crippen molar-refractivity contribution in [1.29, 1.82) is 0 Å². The molecule has 0 N–H and O–H groups in total. The standard InChI is InChI=1S/C12H11BrF3N/c1-8(12(14,15)16)7-11(17-2)9-3-5-10(13)6-4-9/h3-7H,1-2H3/b8-7+,17-11?. The molecule has 0 heterocycles. The number of rotatable bonds is 2. The van der Waals surface area contributed by atoms with Crippen molar-refractivity contribution in [3.05, 3.63) is 46.0 Å². The van der Waals surface area contributed by atoms with Crippen molar-refractivity contribution in [2.75, 3.05) is 7.05 Å². The molecule has 0 aromatic heterocycles. The molecular weight excluding hydrogens is 295 g/mol. The first-order valence-electron chi connectivity index (χ1n) is 4.83. The molecule has 0 unspecified atom stereocenters. The number of allylic oxidation sites excluding steroid dienone is 2. The molecule has 1 nitrogen and oxygen atoms in total. The first-order valence-corrected chi connectivity index (χ1v) is 5.62. The van der Waals surface area contributed by atoms with E-state index >= 15 is 0 Å². The van der Waals surface area contributed by atoms with Crippen molar-refractivity contribution in [2.24, 2.45) is 4.99 Å². The van der Waals surface area contributed by atoms with Crippen LogP contribution in [0.5, 0.6) is 0 Å². The van der Waals surface area contributed by atoms with Crippen LogP contribution in [0.1, 0.15) is 12.5 Å². The van der Waals surface area contributed by atoms with E-state index in [1.807, 2.05) is 0 Å². The quantitative estimate of drug-likeness (QED) is 0.719. The van der Waals surface area contributed by atoms with Crippen LogP contribution in [0.25, 0.3) is 0 Å². The van der Waals surface area contributed by atoms with E-state index in [-0.39, 0.29) is 0 Å². The van der Waals surface area contributed by atoms with Crippen LogP contribution in [0.2, 0.25) is 0 Å². The van der Waals surface area contributed by atoms with Gasteiger partial charge in [-0.3, -0.25) is 4.99 Å². The number of benzene rings is 1. The third kappa shape index (κ3) is 4.00. The lowest BCUT2D eigenvalue weighted by molar-refractivity contribution is -0.0912. The zero-order chi connectivity index (χ0) is 13.1. The topological polar surface area (TPSA) is 12.4 Å². The minimum absolute atomic E-state index is 0.312. The van der Waals surface area contributed by atoms with Crippen molar-refractivity contribution in [3.8, 4) is 0 Å². The minimum Gasteiger partial charge on any atom is -0.288 e. The lowest BCUT2D eigenvalue weighted by Crippen LogP contribution is -2.11. The summed E-state index contributed by atoms with van der Waals surface area (Å²) in [5, 5.41) is 0. The molecule has 0 fully saturated rings. The van der Waals surface area contributed by atoms with Crippen LogP contribution in [-0.2, 0) is 0 Å². The van der Waals surface area contributed by atoms with Gasteiger partial charge in [0.25, 0.3) is 0 Å². The van der Waals surface area contributed by atoms with E-state index in [0.717, 1.165) is 17.5 Å². The Hall–Kier alpha value is -1.10. The van der Waals surface area contributed by atoms with Gasteiger partial charge in [0.1, 0.15) is 0 Å². The summed E-state index contributed by atoms with van der Waals surface area (Å²) in [6, 6.07) is 6.95. The summed E-state index contributed by atoms with van der Waals surface area (Å²) in [7, 11) is 1.47. The van der Waals surface area contributed by atoms with Crippen LogP contribution in [0, 0.1) is 0 Å². The van der Waals surface area contributed by atoms with E-state index in [2.05, 4.69) is 20.9 Å². The number of hydrogen-bond donors (Lipinski definition) is 0. The van der Waals surface area contributed by atoms with Crippen LogP contribution in [0.3, 0.4) is 0 Å². The molecule has 0 bridgehead atoms. The third-order valence-electron chi connectivity index (χ3n) is 2.18. The zero-order valence-electron chi connectivity index (χ0n) is 9.35. The summed E-state index contributed by atoms with van der Waals surface area (Å²) in [6.45, 7) is 1.03. The van der Waals surface area contributed by atoms with Crippen molar-refractivity contribution < 1.29 is 13.2 Å². The summed E-state index contributed by atoms with van der Waals surface area (Å²) < 4.78 is 38.1. The Morgan fingerprint density at radius 2 is 1.76 bits per heavy atom. The smallest absolute Gasteiger partial charge is 0.288 e.